The van der Waals surface area contributed by atoms with Gasteiger partial charge in [0.15, 0.2) is 0 Å². The maximum atomic E-state index is 11.9. The largest absolute Gasteiger partial charge is 0.449 e. The third kappa shape index (κ3) is 6.26. The van der Waals surface area contributed by atoms with Crippen LogP contribution in [-0.2, 0) is 9.53 Å². The lowest BCUT2D eigenvalue weighted by Crippen LogP contribution is -2.46. The average molecular weight is 284 g/mol. The van der Waals surface area contributed by atoms with Crippen molar-refractivity contribution < 1.29 is 14.3 Å². The molecule has 1 saturated heterocycles. The van der Waals surface area contributed by atoms with E-state index in [1.165, 1.54) is 0 Å². The summed E-state index contributed by atoms with van der Waals surface area (Å²) in [4.78, 5) is 25.3. The number of piperidine rings is 1. The Balaban J connectivity index is 2.21. The first kappa shape index (κ1) is 16.8. The molecule has 0 radical (unpaired) electrons. The predicted molar refractivity (Wildman–Crippen MR) is 78.4 cm³/mol. The Morgan fingerprint density at radius 1 is 1.30 bits per heavy atom. The summed E-state index contributed by atoms with van der Waals surface area (Å²) in [6.07, 6.45) is 3.94. The standard InChI is InChI=1S/C15H28N2O3/c1-4-5-6-14(18)17-9-7-13(8-10-17)16-15(19)20-11-12(2)3/h12-13H,4-11H2,1-3H3,(H,16,19). The lowest BCUT2D eigenvalue weighted by molar-refractivity contribution is -0.132. The van der Waals surface area contributed by atoms with Crippen molar-refractivity contribution in [2.45, 2.75) is 58.9 Å². The molecule has 1 rings (SSSR count). The predicted octanol–water partition coefficient (Wildman–Crippen LogP) is 2.55. The number of likely N-dealkylation sites (tertiary alicyclic amines) is 1. The van der Waals surface area contributed by atoms with Gasteiger partial charge in [-0.25, -0.2) is 4.79 Å². The van der Waals surface area contributed by atoms with Gasteiger partial charge in [0.1, 0.15) is 0 Å². The van der Waals surface area contributed by atoms with Crippen LogP contribution < -0.4 is 5.32 Å². The van der Waals surface area contributed by atoms with Gasteiger partial charge in [0.25, 0.3) is 0 Å². The van der Waals surface area contributed by atoms with Gasteiger partial charge in [0.05, 0.1) is 6.61 Å². The van der Waals surface area contributed by atoms with Gasteiger partial charge in [-0.05, 0) is 25.2 Å². The molecule has 1 aliphatic rings. The van der Waals surface area contributed by atoms with E-state index in [1.54, 1.807) is 0 Å². The molecular formula is C15H28N2O3. The molecule has 0 aromatic carbocycles. The van der Waals surface area contributed by atoms with Gasteiger partial charge in [0, 0.05) is 25.6 Å². The van der Waals surface area contributed by atoms with E-state index in [1.807, 2.05) is 18.7 Å². The van der Waals surface area contributed by atoms with Gasteiger partial charge in [-0.3, -0.25) is 4.79 Å². The van der Waals surface area contributed by atoms with Crippen LogP contribution in [-0.4, -0.2) is 42.6 Å². The fourth-order valence-electron chi connectivity index (χ4n) is 2.21. The highest BCUT2D eigenvalue weighted by molar-refractivity contribution is 5.76. The van der Waals surface area contributed by atoms with Crippen LogP contribution in [0, 0.1) is 5.92 Å². The summed E-state index contributed by atoms with van der Waals surface area (Å²) < 4.78 is 5.10. The summed E-state index contributed by atoms with van der Waals surface area (Å²) in [6.45, 7) is 8.02. The highest BCUT2D eigenvalue weighted by atomic mass is 16.5. The quantitative estimate of drug-likeness (QED) is 0.815. The monoisotopic (exact) mass is 284 g/mol. The van der Waals surface area contributed by atoms with E-state index in [4.69, 9.17) is 4.74 Å². The third-order valence-corrected chi connectivity index (χ3v) is 3.46. The Morgan fingerprint density at radius 3 is 2.50 bits per heavy atom. The Kier molecular flexibility index (Phi) is 7.41. The minimum absolute atomic E-state index is 0.130. The number of rotatable bonds is 6. The van der Waals surface area contributed by atoms with Crippen molar-refractivity contribution in [2.75, 3.05) is 19.7 Å². The normalized spacial score (nSPS) is 16.3. The zero-order valence-electron chi connectivity index (χ0n) is 13.0. The number of nitrogens with one attached hydrogen (secondary N) is 1. The molecule has 0 aromatic rings. The Hall–Kier alpha value is -1.26. The molecule has 0 spiro atoms. The number of unbranched alkanes of at least 4 members (excludes halogenated alkanes) is 1. The van der Waals surface area contributed by atoms with Gasteiger partial charge in [-0.1, -0.05) is 27.2 Å². The van der Waals surface area contributed by atoms with Crippen molar-refractivity contribution in [3.05, 3.63) is 0 Å². The molecule has 0 aliphatic carbocycles. The van der Waals surface area contributed by atoms with Crippen molar-refractivity contribution in [3.63, 3.8) is 0 Å². The molecular weight excluding hydrogens is 256 g/mol. The second-order valence-corrected chi connectivity index (χ2v) is 5.90. The maximum absolute atomic E-state index is 11.9. The molecule has 5 nitrogen and oxygen atoms in total. The van der Waals surface area contributed by atoms with E-state index in [2.05, 4.69) is 12.2 Å². The summed E-state index contributed by atoms with van der Waals surface area (Å²) in [5, 5.41) is 2.88. The lowest BCUT2D eigenvalue weighted by Gasteiger charge is -2.32. The molecule has 20 heavy (non-hydrogen) atoms. The summed E-state index contributed by atoms with van der Waals surface area (Å²) in [6, 6.07) is 0.130. The van der Waals surface area contributed by atoms with Gasteiger partial charge >= 0.3 is 6.09 Å². The van der Waals surface area contributed by atoms with E-state index in [0.29, 0.717) is 18.9 Å². The van der Waals surface area contributed by atoms with E-state index < -0.39 is 0 Å². The van der Waals surface area contributed by atoms with E-state index >= 15 is 0 Å². The molecule has 0 atom stereocenters. The number of alkyl carbamates (subject to hydrolysis) is 1. The second kappa shape index (κ2) is 8.82. The summed E-state index contributed by atoms with van der Waals surface area (Å²) in [7, 11) is 0. The molecule has 5 heteroatoms. The molecule has 2 amide bonds. The smallest absolute Gasteiger partial charge is 0.407 e. The SMILES string of the molecule is CCCCC(=O)N1CCC(NC(=O)OCC(C)C)CC1. The van der Waals surface area contributed by atoms with Crippen molar-refractivity contribution in [1.29, 1.82) is 0 Å². The topological polar surface area (TPSA) is 58.6 Å². The van der Waals surface area contributed by atoms with Gasteiger partial charge in [-0.2, -0.15) is 0 Å². The van der Waals surface area contributed by atoms with E-state index in [9.17, 15) is 9.59 Å². The summed E-state index contributed by atoms with van der Waals surface area (Å²) in [5.74, 6) is 0.589. The fraction of sp³-hybridized carbons (Fsp3) is 0.867. The van der Waals surface area contributed by atoms with Crippen LogP contribution >= 0.6 is 0 Å². The molecule has 0 unspecified atom stereocenters. The van der Waals surface area contributed by atoms with Crippen LogP contribution in [0.15, 0.2) is 0 Å². The molecule has 1 aliphatic heterocycles. The highest BCUT2D eigenvalue weighted by Gasteiger charge is 2.23. The van der Waals surface area contributed by atoms with Crippen LogP contribution in [0.4, 0.5) is 4.79 Å². The van der Waals surface area contributed by atoms with Crippen LogP contribution in [0.1, 0.15) is 52.9 Å². The first-order valence-corrected chi connectivity index (χ1v) is 7.74. The number of carbonyl (C=O) groups excluding carboxylic acids is 2. The summed E-state index contributed by atoms with van der Waals surface area (Å²) in [5.41, 5.74) is 0. The molecule has 0 saturated carbocycles. The number of hydrogen-bond acceptors (Lipinski definition) is 3. The molecule has 1 heterocycles. The van der Waals surface area contributed by atoms with Crippen molar-refractivity contribution in [2.24, 2.45) is 5.92 Å². The zero-order chi connectivity index (χ0) is 15.0. The van der Waals surface area contributed by atoms with Gasteiger partial charge in [-0.15, -0.1) is 0 Å². The minimum Gasteiger partial charge on any atom is -0.449 e. The van der Waals surface area contributed by atoms with E-state index in [-0.39, 0.29) is 18.0 Å². The van der Waals surface area contributed by atoms with Crippen LogP contribution in [0.3, 0.4) is 0 Å². The fourth-order valence-corrected chi connectivity index (χ4v) is 2.21. The van der Waals surface area contributed by atoms with Crippen LogP contribution in [0.2, 0.25) is 0 Å². The van der Waals surface area contributed by atoms with Gasteiger partial charge < -0.3 is 15.0 Å². The molecule has 116 valence electrons. The first-order chi connectivity index (χ1) is 9.52. The number of hydrogen-bond donors (Lipinski definition) is 1. The highest BCUT2D eigenvalue weighted by Crippen LogP contribution is 2.12. The first-order valence-electron chi connectivity index (χ1n) is 7.74. The minimum atomic E-state index is -0.338. The maximum Gasteiger partial charge on any atom is 0.407 e. The van der Waals surface area contributed by atoms with Crippen molar-refractivity contribution >= 4 is 12.0 Å². The number of amides is 2. The van der Waals surface area contributed by atoms with Crippen LogP contribution in [0.25, 0.3) is 0 Å². The Morgan fingerprint density at radius 2 is 1.95 bits per heavy atom. The van der Waals surface area contributed by atoms with Gasteiger partial charge in [0.2, 0.25) is 5.91 Å². The van der Waals surface area contributed by atoms with E-state index in [0.717, 1.165) is 38.8 Å². The number of ether oxygens (including phenoxy) is 1. The third-order valence-electron chi connectivity index (χ3n) is 3.46. The Bertz CT molecular complexity index is 310. The van der Waals surface area contributed by atoms with Crippen molar-refractivity contribution in [1.82, 2.24) is 10.2 Å². The molecule has 0 bridgehead atoms. The average Bonchev–Trinajstić information content (AvgIpc) is 2.43. The lowest BCUT2D eigenvalue weighted by atomic mass is 10.0. The molecule has 1 fully saturated rings. The van der Waals surface area contributed by atoms with Crippen molar-refractivity contribution in [3.8, 4) is 0 Å². The number of carbonyl (C=O) groups is 2. The zero-order valence-corrected chi connectivity index (χ0v) is 13.0. The summed E-state index contributed by atoms with van der Waals surface area (Å²) >= 11 is 0. The molecule has 0 aromatic heterocycles. The molecule has 1 N–H and O–H groups in total. The Labute approximate surface area is 122 Å². The number of nitrogens with zero attached hydrogens (tertiary/aromatic N) is 1. The van der Waals surface area contributed by atoms with Crippen LogP contribution in [0.5, 0.6) is 0 Å². The second-order valence-electron chi connectivity index (χ2n) is 5.90.